The minimum Gasteiger partial charge on any atom is -0.364 e. The number of amides is 1. The van der Waals surface area contributed by atoms with Gasteiger partial charge in [-0.25, -0.2) is 4.98 Å². The molecular weight excluding hydrogens is 324 g/mol. The van der Waals surface area contributed by atoms with Crippen LogP contribution in [-0.4, -0.2) is 30.6 Å². The molecule has 2 N–H and O–H groups in total. The fourth-order valence-corrected chi connectivity index (χ4v) is 3.35. The number of nitrogens with zero attached hydrogens (tertiary/aromatic N) is 5. The van der Waals surface area contributed by atoms with Crippen LogP contribution in [0.2, 0.25) is 0 Å². The summed E-state index contributed by atoms with van der Waals surface area (Å²) < 4.78 is 1.94. The lowest BCUT2D eigenvalue weighted by Gasteiger charge is -2.04. The molecule has 0 atom stereocenters. The van der Waals surface area contributed by atoms with Crippen LogP contribution in [0.5, 0.6) is 0 Å². The van der Waals surface area contributed by atoms with Gasteiger partial charge < -0.3 is 10.3 Å². The van der Waals surface area contributed by atoms with Gasteiger partial charge in [-0.2, -0.15) is 0 Å². The smallest absolute Gasteiger partial charge is 0.267 e. The Morgan fingerprint density at radius 3 is 2.83 bits per heavy atom. The van der Waals surface area contributed by atoms with Crippen molar-refractivity contribution < 1.29 is 4.79 Å². The van der Waals surface area contributed by atoms with Gasteiger partial charge in [0.15, 0.2) is 5.01 Å². The maximum Gasteiger partial charge on any atom is 0.267 e. The van der Waals surface area contributed by atoms with E-state index >= 15 is 0 Å². The lowest BCUT2D eigenvalue weighted by Crippen LogP contribution is -2.13. The summed E-state index contributed by atoms with van der Waals surface area (Å²) in [5.74, 6) is -0.570. The predicted molar refractivity (Wildman–Crippen MR) is 91.4 cm³/mol. The Hall–Kier alpha value is -3.13. The van der Waals surface area contributed by atoms with Crippen molar-refractivity contribution in [1.29, 1.82) is 0 Å². The largest absolute Gasteiger partial charge is 0.364 e. The normalized spacial score (nSPS) is 11.0. The van der Waals surface area contributed by atoms with Crippen LogP contribution in [0.15, 0.2) is 42.9 Å². The predicted octanol–water partition coefficient (Wildman–Crippen LogP) is 2.25. The molecule has 0 unspecified atom stereocenters. The number of nitrogens with two attached hydrogens (primary N) is 1. The highest BCUT2D eigenvalue weighted by Crippen LogP contribution is 2.33. The molecule has 0 saturated carbocycles. The summed E-state index contributed by atoms with van der Waals surface area (Å²) in [5, 5.41) is 10.7. The molecule has 0 aliphatic carbocycles. The van der Waals surface area contributed by atoms with E-state index in [1.165, 1.54) is 11.3 Å². The monoisotopic (exact) mass is 336 g/mol. The van der Waals surface area contributed by atoms with E-state index in [0.717, 1.165) is 21.5 Å². The third-order valence-corrected chi connectivity index (χ3v) is 4.62. The standard InChI is InChI=1S/C16H12N6OS/c1-22-6-4-9-7-11(14(17)23)19-12(13(9)22)16-21-20-15(24-16)10-3-2-5-18-8-10/h2-8H,1H3,(H2,17,23). The van der Waals surface area contributed by atoms with E-state index < -0.39 is 5.91 Å². The Morgan fingerprint density at radius 1 is 1.25 bits per heavy atom. The summed E-state index contributed by atoms with van der Waals surface area (Å²) in [5.41, 5.74) is 7.98. The molecule has 0 bridgehead atoms. The number of aromatic nitrogens is 5. The second-order valence-electron chi connectivity index (χ2n) is 5.24. The first kappa shape index (κ1) is 14.5. The number of fused-ring (bicyclic) bond motifs is 1. The second-order valence-corrected chi connectivity index (χ2v) is 6.22. The first-order chi connectivity index (χ1) is 11.6. The van der Waals surface area contributed by atoms with Gasteiger partial charge in [-0.15, -0.1) is 10.2 Å². The second kappa shape index (κ2) is 5.50. The van der Waals surface area contributed by atoms with Crippen molar-refractivity contribution in [3.05, 3.63) is 48.5 Å². The van der Waals surface area contributed by atoms with Gasteiger partial charge in [-0.3, -0.25) is 9.78 Å². The number of carbonyl (C=O) groups excluding carboxylic acids is 1. The third-order valence-electron chi connectivity index (χ3n) is 3.64. The third kappa shape index (κ3) is 2.33. The number of hydrogen-bond donors (Lipinski definition) is 1. The molecule has 7 nitrogen and oxygen atoms in total. The fraction of sp³-hybridized carbons (Fsp3) is 0.0625. The zero-order chi connectivity index (χ0) is 16.7. The van der Waals surface area contributed by atoms with Crippen LogP contribution in [0, 0.1) is 0 Å². The van der Waals surface area contributed by atoms with Gasteiger partial charge in [0.05, 0.1) is 5.52 Å². The van der Waals surface area contributed by atoms with E-state index in [9.17, 15) is 4.79 Å². The summed E-state index contributed by atoms with van der Waals surface area (Å²) in [4.78, 5) is 20.1. The van der Waals surface area contributed by atoms with E-state index in [4.69, 9.17) is 5.73 Å². The molecule has 0 spiro atoms. The van der Waals surface area contributed by atoms with Gasteiger partial charge >= 0.3 is 0 Å². The van der Waals surface area contributed by atoms with Gasteiger partial charge in [-0.1, -0.05) is 11.3 Å². The van der Waals surface area contributed by atoms with E-state index in [0.29, 0.717) is 10.7 Å². The molecule has 0 aromatic carbocycles. The van der Waals surface area contributed by atoms with Crippen molar-refractivity contribution in [2.45, 2.75) is 0 Å². The Labute approximate surface area is 140 Å². The number of rotatable bonds is 3. The highest BCUT2D eigenvalue weighted by Gasteiger charge is 2.18. The zero-order valence-electron chi connectivity index (χ0n) is 12.7. The number of pyridine rings is 2. The van der Waals surface area contributed by atoms with Crippen molar-refractivity contribution in [3.8, 4) is 21.3 Å². The van der Waals surface area contributed by atoms with Gasteiger partial charge in [0.1, 0.15) is 16.4 Å². The minimum absolute atomic E-state index is 0.210. The van der Waals surface area contributed by atoms with E-state index in [1.807, 2.05) is 36.0 Å². The van der Waals surface area contributed by atoms with Gasteiger partial charge in [0, 0.05) is 36.6 Å². The van der Waals surface area contributed by atoms with E-state index in [2.05, 4.69) is 20.2 Å². The Morgan fingerprint density at radius 2 is 2.08 bits per heavy atom. The molecule has 118 valence electrons. The molecule has 4 heterocycles. The topological polar surface area (TPSA) is 99.6 Å². The molecule has 0 radical (unpaired) electrons. The number of primary amides is 1. The Kier molecular flexibility index (Phi) is 3.31. The molecule has 1 amide bonds. The molecule has 0 aliphatic heterocycles. The SMILES string of the molecule is Cn1ccc2cc(C(N)=O)nc(-c3nnc(-c4cccnc4)s3)c21. The molecule has 0 aliphatic rings. The maximum absolute atomic E-state index is 11.6. The molecule has 0 saturated heterocycles. The molecule has 24 heavy (non-hydrogen) atoms. The number of hydrogen-bond acceptors (Lipinski definition) is 6. The average Bonchev–Trinajstić information content (AvgIpc) is 3.22. The first-order valence-corrected chi connectivity index (χ1v) is 7.95. The maximum atomic E-state index is 11.6. The fourth-order valence-electron chi connectivity index (χ4n) is 2.52. The van der Waals surface area contributed by atoms with Crippen molar-refractivity contribution in [2.24, 2.45) is 12.8 Å². The summed E-state index contributed by atoms with van der Waals surface area (Å²) in [7, 11) is 1.92. The summed E-state index contributed by atoms with van der Waals surface area (Å²) in [6.45, 7) is 0. The molecule has 4 rings (SSSR count). The Bertz CT molecular complexity index is 1050. The van der Waals surface area contributed by atoms with E-state index in [1.54, 1.807) is 18.5 Å². The van der Waals surface area contributed by atoms with E-state index in [-0.39, 0.29) is 5.69 Å². The number of carbonyl (C=O) groups is 1. The summed E-state index contributed by atoms with van der Waals surface area (Å²) in [6.07, 6.45) is 5.34. The lowest BCUT2D eigenvalue weighted by molar-refractivity contribution is 0.0996. The van der Waals surface area contributed by atoms with Crippen LogP contribution in [0.3, 0.4) is 0 Å². The number of aryl methyl sites for hydroxylation is 1. The first-order valence-electron chi connectivity index (χ1n) is 7.13. The van der Waals surface area contributed by atoms with Crippen molar-refractivity contribution in [1.82, 2.24) is 24.7 Å². The van der Waals surface area contributed by atoms with Crippen molar-refractivity contribution in [3.63, 3.8) is 0 Å². The van der Waals surface area contributed by atoms with Crippen molar-refractivity contribution in [2.75, 3.05) is 0 Å². The molecule has 4 aromatic heterocycles. The lowest BCUT2D eigenvalue weighted by atomic mass is 10.2. The van der Waals surface area contributed by atoms with Crippen LogP contribution in [-0.2, 0) is 7.05 Å². The highest BCUT2D eigenvalue weighted by atomic mass is 32.1. The summed E-state index contributed by atoms with van der Waals surface area (Å²) >= 11 is 1.40. The molecular formula is C16H12N6OS. The van der Waals surface area contributed by atoms with Crippen LogP contribution in [0.1, 0.15) is 10.5 Å². The molecule has 0 fully saturated rings. The van der Waals surface area contributed by atoms with Crippen LogP contribution in [0.4, 0.5) is 0 Å². The average molecular weight is 336 g/mol. The minimum atomic E-state index is -0.570. The van der Waals surface area contributed by atoms with Gasteiger partial charge in [0.25, 0.3) is 5.91 Å². The van der Waals surface area contributed by atoms with Crippen LogP contribution < -0.4 is 5.73 Å². The quantitative estimate of drug-likeness (QED) is 0.618. The molecule has 8 heteroatoms. The molecule has 4 aromatic rings. The van der Waals surface area contributed by atoms with Gasteiger partial charge in [-0.05, 0) is 24.3 Å². The van der Waals surface area contributed by atoms with Gasteiger partial charge in [0.2, 0.25) is 0 Å². The van der Waals surface area contributed by atoms with Crippen molar-refractivity contribution >= 4 is 28.1 Å². The Balaban J connectivity index is 1.92. The van der Waals surface area contributed by atoms with Crippen LogP contribution >= 0.6 is 11.3 Å². The van der Waals surface area contributed by atoms with Crippen LogP contribution in [0.25, 0.3) is 32.2 Å². The highest BCUT2D eigenvalue weighted by molar-refractivity contribution is 7.18. The summed E-state index contributed by atoms with van der Waals surface area (Å²) in [6, 6.07) is 7.36. The zero-order valence-corrected chi connectivity index (χ0v) is 13.5.